The molecule has 1 aliphatic heterocycles. The van der Waals surface area contributed by atoms with Crippen LogP contribution in [0.15, 0.2) is 12.5 Å². The van der Waals surface area contributed by atoms with Gasteiger partial charge in [-0.25, -0.2) is 4.98 Å². The first kappa shape index (κ1) is 12.2. The van der Waals surface area contributed by atoms with E-state index in [-0.39, 0.29) is 0 Å². The van der Waals surface area contributed by atoms with Crippen LogP contribution in [-0.2, 0) is 11.3 Å². The summed E-state index contributed by atoms with van der Waals surface area (Å²) in [7, 11) is 0. The Bertz CT molecular complexity index is 264. The maximum Gasteiger partial charge on any atom is 0.0950 e. The molecular formula is C12H22N2O. The lowest BCUT2D eigenvalue weighted by molar-refractivity contribution is 0.00597. The number of hydrogen-bond acceptors (Lipinski definition) is 2. The quantitative estimate of drug-likeness (QED) is 0.750. The molecule has 3 heteroatoms. The molecule has 1 unspecified atom stereocenters. The standard InChI is InChI=1S/C10H16N2O.C2H6/c1-9-6-12(8-11-9)7-10-4-2-3-5-13-10;1-2/h6,8,10H,2-5,7H2,1H3;1-2H3. The molecule has 2 rings (SSSR count). The van der Waals surface area contributed by atoms with Gasteiger partial charge in [-0.05, 0) is 26.2 Å². The Morgan fingerprint density at radius 1 is 1.47 bits per heavy atom. The Hall–Kier alpha value is -0.830. The van der Waals surface area contributed by atoms with E-state index in [0.29, 0.717) is 6.10 Å². The molecule has 2 heterocycles. The Kier molecular flexibility index (Phi) is 5.40. The second-order valence-electron chi connectivity index (χ2n) is 3.70. The minimum absolute atomic E-state index is 0.405. The lowest BCUT2D eigenvalue weighted by atomic mass is 10.1. The predicted octanol–water partition coefficient (Wildman–Crippen LogP) is 2.79. The van der Waals surface area contributed by atoms with E-state index in [2.05, 4.69) is 15.7 Å². The predicted molar refractivity (Wildman–Crippen MR) is 61.9 cm³/mol. The number of hydrogen-bond donors (Lipinski definition) is 0. The second kappa shape index (κ2) is 6.62. The number of ether oxygens (including phenoxy) is 1. The van der Waals surface area contributed by atoms with Crippen molar-refractivity contribution in [3.8, 4) is 0 Å². The molecule has 1 atom stereocenters. The highest BCUT2D eigenvalue weighted by molar-refractivity contribution is 4.92. The summed E-state index contributed by atoms with van der Waals surface area (Å²) in [6.07, 6.45) is 8.07. The Balaban J connectivity index is 0.000000531. The highest BCUT2D eigenvalue weighted by Crippen LogP contribution is 2.14. The fraction of sp³-hybridized carbons (Fsp3) is 0.750. The SMILES string of the molecule is CC.Cc1cn(CC2CCCCO2)cn1. The molecule has 0 aromatic carbocycles. The van der Waals surface area contributed by atoms with E-state index in [9.17, 15) is 0 Å². The average Bonchev–Trinajstić information content (AvgIpc) is 2.68. The third kappa shape index (κ3) is 4.04. The van der Waals surface area contributed by atoms with E-state index in [1.54, 1.807) is 0 Å². The summed E-state index contributed by atoms with van der Waals surface area (Å²) in [5, 5.41) is 0. The van der Waals surface area contributed by atoms with E-state index in [4.69, 9.17) is 4.74 Å². The van der Waals surface area contributed by atoms with Crippen molar-refractivity contribution >= 4 is 0 Å². The molecule has 1 aromatic heterocycles. The zero-order chi connectivity index (χ0) is 11.1. The molecule has 3 nitrogen and oxygen atoms in total. The van der Waals surface area contributed by atoms with Gasteiger partial charge in [0.15, 0.2) is 0 Å². The van der Waals surface area contributed by atoms with Gasteiger partial charge in [-0.3, -0.25) is 0 Å². The summed E-state index contributed by atoms with van der Waals surface area (Å²) in [6, 6.07) is 0. The normalized spacial score (nSPS) is 20.6. The minimum Gasteiger partial charge on any atom is -0.376 e. The molecule has 0 aliphatic carbocycles. The van der Waals surface area contributed by atoms with Gasteiger partial charge in [0.25, 0.3) is 0 Å². The molecule has 1 aromatic rings. The van der Waals surface area contributed by atoms with Crippen LogP contribution in [0.2, 0.25) is 0 Å². The van der Waals surface area contributed by atoms with Crippen molar-refractivity contribution in [3.05, 3.63) is 18.2 Å². The van der Waals surface area contributed by atoms with Gasteiger partial charge in [0.2, 0.25) is 0 Å². The van der Waals surface area contributed by atoms with Gasteiger partial charge >= 0.3 is 0 Å². The largest absolute Gasteiger partial charge is 0.376 e. The van der Waals surface area contributed by atoms with Crippen LogP contribution >= 0.6 is 0 Å². The zero-order valence-corrected chi connectivity index (χ0v) is 10.1. The molecule has 1 aliphatic rings. The Morgan fingerprint density at radius 2 is 2.27 bits per heavy atom. The van der Waals surface area contributed by atoms with Crippen LogP contribution in [0, 0.1) is 6.92 Å². The van der Waals surface area contributed by atoms with Crippen LogP contribution < -0.4 is 0 Å². The van der Waals surface area contributed by atoms with Crippen LogP contribution in [0.3, 0.4) is 0 Å². The van der Waals surface area contributed by atoms with Crippen LogP contribution in [0.4, 0.5) is 0 Å². The van der Waals surface area contributed by atoms with Gasteiger partial charge in [-0.2, -0.15) is 0 Å². The highest BCUT2D eigenvalue weighted by Gasteiger charge is 2.13. The number of imidazole rings is 1. The van der Waals surface area contributed by atoms with Crippen molar-refractivity contribution in [2.24, 2.45) is 0 Å². The van der Waals surface area contributed by atoms with Crippen LogP contribution in [0.5, 0.6) is 0 Å². The lowest BCUT2D eigenvalue weighted by Gasteiger charge is -2.22. The van der Waals surface area contributed by atoms with Crippen LogP contribution in [-0.4, -0.2) is 22.3 Å². The molecule has 0 saturated carbocycles. The minimum atomic E-state index is 0.405. The number of nitrogens with zero attached hydrogens (tertiary/aromatic N) is 2. The zero-order valence-electron chi connectivity index (χ0n) is 10.1. The fourth-order valence-corrected chi connectivity index (χ4v) is 1.76. The fourth-order valence-electron chi connectivity index (χ4n) is 1.76. The summed E-state index contributed by atoms with van der Waals surface area (Å²) in [4.78, 5) is 4.19. The van der Waals surface area contributed by atoms with Gasteiger partial charge in [-0.1, -0.05) is 13.8 Å². The molecule has 0 N–H and O–H groups in total. The average molecular weight is 210 g/mol. The van der Waals surface area contributed by atoms with Gasteiger partial charge in [0, 0.05) is 19.3 Å². The summed E-state index contributed by atoms with van der Waals surface area (Å²) in [5.74, 6) is 0. The monoisotopic (exact) mass is 210 g/mol. The van der Waals surface area contributed by atoms with E-state index in [1.165, 1.54) is 19.3 Å². The van der Waals surface area contributed by atoms with Crippen molar-refractivity contribution in [1.82, 2.24) is 9.55 Å². The van der Waals surface area contributed by atoms with Crippen molar-refractivity contribution < 1.29 is 4.74 Å². The van der Waals surface area contributed by atoms with E-state index in [1.807, 2.05) is 27.1 Å². The smallest absolute Gasteiger partial charge is 0.0950 e. The van der Waals surface area contributed by atoms with E-state index < -0.39 is 0 Å². The molecule has 0 radical (unpaired) electrons. The van der Waals surface area contributed by atoms with Crippen molar-refractivity contribution in [2.75, 3.05) is 6.61 Å². The Morgan fingerprint density at radius 3 is 2.80 bits per heavy atom. The maximum absolute atomic E-state index is 5.64. The molecule has 0 bridgehead atoms. The summed E-state index contributed by atoms with van der Waals surface area (Å²) in [5.41, 5.74) is 1.08. The van der Waals surface area contributed by atoms with Crippen LogP contribution in [0.1, 0.15) is 38.8 Å². The van der Waals surface area contributed by atoms with Gasteiger partial charge in [0.1, 0.15) is 0 Å². The topological polar surface area (TPSA) is 27.1 Å². The second-order valence-corrected chi connectivity index (χ2v) is 3.70. The van der Waals surface area contributed by atoms with Gasteiger partial charge < -0.3 is 9.30 Å². The molecule has 1 saturated heterocycles. The van der Waals surface area contributed by atoms with Crippen molar-refractivity contribution in [3.63, 3.8) is 0 Å². The van der Waals surface area contributed by atoms with Gasteiger partial charge in [-0.15, -0.1) is 0 Å². The molecule has 86 valence electrons. The van der Waals surface area contributed by atoms with E-state index in [0.717, 1.165) is 18.8 Å². The lowest BCUT2D eigenvalue weighted by Crippen LogP contribution is -2.23. The Labute approximate surface area is 92.5 Å². The summed E-state index contributed by atoms with van der Waals surface area (Å²) >= 11 is 0. The number of aromatic nitrogens is 2. The van der Waals surface area contributed by atoms with Crippen molar-refractivity contribution in [1.29, 1.82) is 0 Å². The first-order valence-electron chi connectivity index (χ1n) is 5.94. The van der Waals surface area contributed by atoms with Crippen molar-refractivity contribution in [2.45, 2.75) is 52.7 Å². The first-order valence-corrected chi connectivity index (χ1v) is 5.94. The van der Waals surface area contributed by atoms with Crippen LogP contribution in [0.25, 0.3) is 0 Å². The molecule has 0 spiro atoms. The third-order valence-electron chi connectivity index (χ3n) is 2.45. The molecule has 0 amide bonds. The maximum atomic E-state index is 5.64. The summed E-state index contributed by atoms with van der Waals surface area (Å²) in [6.45, 7) is 7.90. The molecule has 15 heavy (non-hydrogen) atoms. The molecular weight excluding hydrogens is 188 g/mol. The highest BCUT2D eigenvalue weighted by atomic mass is 16.5. The van der Waals surface area contributed by atoms with Gasteiger partial charge in [0.05, 0.1) is 18.1 Å². The summed E-state index contributed by atoms with van der Waals surface area (Å²) < 4.78 is 7.76. The number of aryl methyl sites for hydroxylation is 1. The molecule has 1 fully saturated rings. The van der Waals surface area contributed by atoms with E-state index >= 15 is 0 Å². The third-order valence-corrected chi connectivity index (χ3v) is 2.45. The first-order chi connectivity index (χ1) is 7.34. The number of rotatable bonds is 2.